The van der Waals surface area contributed by atoms with Crippen molar-refractivity contribution in [2.75, 3.05) is 11.9 Å². The number of hydrogen-bond donors (Lipinski definition) is 2. The van der Waals surface area contributed by atoms with Crippen LogP contribution in [0.5, 0.6) is 0 Å². The van der Waals surface area contributed by atoms with Gasteiger partial charge in [-0.3, -0.25) is 0 Å². The highest BCUT2D eigenvalue weighted by molar-refractivity contribution is 8.00. The molecule has 0 amide bonds. The molecule has 2 nitrogen and oxygen atoms in total. The molecule has 0 saturated carbocycles. The number of thioether (sulfide) groups is 1. The molecule has 0 aromatic carbocycles. The Morgan fingerprint density at radius 1 is 1.44 bits per heavy atom. The molecule has 9 heavy (non-hydrogen) atoms. The summed E-state index contributed by atoms with van der Waals surface area (Å²) < 4.78 is 0. The van der Waals surface area contributed by atoms with Crippen molar-refractivity contribution < 1.29 is 9.79 Å². The van der Waals surface area contributed by atoms with Gasteiger partial charge in [-0.1, -0.05) is 13.8 Å². The lowest BCUT2D eigenvalue weighted by Crippen LogP contribution is -1.93. The van der Waals surface area contributed by atoms with Gasteiger partial charge >= 0.3 is 0 Å². The van der Waals surface area contributed by atoms with Crippen LogP contribution in [0.1, 0.15) is 13.8 Å². The predicted molar refractivity (Wildman–Crippen MR) is 43.8 cm³/mol. The van der Waals surface area contributed by atoms with Crippen molar-refractivity contribution in [2.24, 2.45) is 0 Å². The van der Waals surface area contributed by atoms with Gasteiger partial charge in [0.15, 0.2) is 8.38 Å². The molecule has 0 radical (unpaired) electrons. The van der Waals surface area contributed by atoms with Gasteiger partial charge in [-0.25, -0.2) is 0 Å². The Hall–Kier alpha value is 0.700. The van der Waals surface area contributed by atoms with Crippen LogP contribution in [0.25, 0.3) is 0 Å². The van der Waals surface area contributed by atoms with Crippen molar-refractivity contribution in [1.29, 1.82) is 0 Å². The van der Waals surface area contributed by atoms with E-state index in [0.717, 1.165) is 5.75 Å². The third-order valence-electron chi connectivity index (χ3n) is 0.742. The van der Waals surface area contributed by atoms with Crippen LogP contribution in [0.4, 0.5) is 0 Å². The fourth-order valence-electron chi connectivity index (χ4n) is 0.370. The Morgan fingerprint density at radius 3 is 2.33 bits per heavy atom. The van der Waals surface area contributed by atoms with Crippen LogP contribution >= 0.6 is 20.1 Å². The molecule has 0 unspecified atom stereocenters. The quantitative estimate of drug-likeness (QED) is 0.624. The van der Waals surface area contributed by atoms with Gasteiger partial charge in [0.25, 0.3) is 0 Å². The molecule has 0 spiro atoms. The minimum atomic E-state index is -1.65. The Bertz CT molecular complexity index is 60.0. The molecule has 0 atom stereocenters. The molecular weight excluding hydrogens is 155 g/mol. The van der Waals surface area contributed by atoms with Crippen molar-refractivity contribution in [1.82, 2.24) is 0 Å². The van der Waals surface area contributed by atoms with Crippen molar-refractivity contribution in [2.45, 2.75) is 19.1 Å². The Labute approximate surface area is 61.6 Å². The fraction of sp³-hybridized carbons (Fsp3) is 1.00. The molecule has 4 heteroatoms. The van der Waals surface area contributed by atoms with Crippen LogP contribution in [-0.2, 0) is 0 Å². The largest absolute Gasteiger partial charge is 0.350 e. The highest BCUT2D eigenvalue weighted by Gasteiger charge is 1.99. The summed E-state index contributed by atoms with van der Waals surface area (Å²) in [4.78, 5) is 16.9. The second-order valence-electron chi connectivity index (χ2n) is 2.02. The first-order valence-corrected chi connectivity index (χ1v) is 5.38. The molecule has 56 valence electrons. The first kappa shape index (κ1) is 9.70. The van der Waals surface area contributed by atoms with Gasteiger partial charge < -0.3 is 9.79 Å². The second kappa shape index (κ2) is 5.48. The lowest BCUT2D eigenvalue weighted by molar-refractivity contribution is 0.485. The fourth-order valence-corrected chi connectivity index (χ4v) is 1.92. The van der Waals surface area contributed by atoms with Crippen molar-refractivity contribution in [3.8, 4) is 0 Å². The second-order valence-corrected chi connectivity index (χ2v) is 4.89. The van der Waals surface area contributed by atoms with E-state index >= 15 is 0 Å². The minimum absolute atomic E-state index is 0.540. The lowest BCUT2D eigenvalue weighted by atomic mass is 10.6. The zero-order valence-corrected chi connectivity index (χ0v) is 7.45. The molecule has 0 fully saturated rings. The Kier molecular flexibility index (Phi) is 5.91. The summed E-state index contributed by atoms with van der Waals surface area (Å²) in [5.74, 6) is 0.858. The van der Waals surface area contributed by atoms with Crippen LogP contribution in [-0.4, -0.2) is 27.0 Å². The van der Waals surface area contributed by atoms with Crippen LogP contribution in [0.15, 0.2) is 0 Å². The summed E-state index contributed by atoms with van der Waals surface area (Å²) in [6.07, 6.45) is 0.540. The van der Waals surface area contributed by atoms with E-state index in [4.69, 9.17) is 9.79 Å². The van der Waals surface area contributed by atoms with Crippen molar-refractivity contribution in [3.63, 3.8) is 0 Å². The van der Waals surface area contributed by atoms with Crippen LogP contribution in [0, 0.1) is 0 Å². The van der Waals surface area contributed by atoms with Crippen LogP contribution < -0.4 is 0 Å². The monoisotopic (exact) mass is 168 g/mol. The Balaban J connectivity index is 2.91. The molecule has 0 saturated heterocycles. The predicted octanol–water partition coefficient (Wildman–Crippen LogP) is 1.42. The maximum atomic E-state index is 8.47. The molecule has 0 aliphatic heterocycles. The number of rotatable bonds is 4. The van der Waals surface area contributed by atoms with Gasteiger partial charge in [0.1, 0.15) is 0 Å². The maximum Gasteiger partial charge on any atom is 0.165 e. The first-order valence-electron chi connectivity index (χ1n) is 2.90. The molecule has 0 heterocycles. The third kappa shape index (κ3) is 8.70. The topological polar surface area (TPSA) is 40.5 Å². The summed E-state index contributed by atoms with van der Waals surface area (Å²) in [7, 11) is -1.65. The van der Waals surface area contributed by atoms with Gasteiger partial charge in [0, 0.05) is 11.9 Å². The van der Waals surface area contributed by atoms with Gasteiger partial charge in [0.05, 0.1) is 0 Å². The SMILES string of the molecule is CC(C)SCCP(O)O. The molecule has 0 aromatic rings. The summed E-state index contributed by atoms with van der Waals surface area (Å²) in [6.45, 7) is 4.20. The van der Waals surface area contributed by atoms with Gasteiger partial charge in [-0.2, -0.15) is 11.8 Å². The van der Waals surface area contributed by atoms with E-state index in [2.05, 4.69) is 13.8 Å². The van der Waals surface area contributed by atoms with Gasteiger partial charge in [-0.05, 0) is 5.25 Å². The van der Waals surface area contributed by atoms with Crippen molar-refractivity contribution >= 4 is 20.1 Å². The highest BCUT2D eigenvalue weighted by atomic mass is 32.2. The average Bonchev–Trinajstić information content (AvgIpc) is 1.63. The summed E-state index contributed by atoms with van der Waals surface area (Å²) in [5, 5.41) is 0.597. The van der Waals surface area contributed by atoms with E-state index in [-0.39, 0.29) is 0 Å². The molecule has 0 aliphatic rings. The average molecular weight is 168 g/mol. The standard InChI is InChI=1S/C5H13O2PS/c1-5(2)9-4-3-8(6)7/h5-7H,3-4H2,1-2H3. The highest BCUT2D eigenvalue weighted by Crippen LogP contribution is 2.24. The smallest absolute Gasteiger partial charge is 0.165 e. The summed E-state index contributed by atoms with van der Waals surface area (Å²) in [6, 6.07) is 0. The molecule has 0 aromatic heterocycles. The molecule has 0 rings (SSSR count). The van der Waals surface area contributed by atoms with Gasteiger partial charge in [-0.15, -0.1) is 0 Å². The normalized spacial score (nSPS) is 11.3. The van der Waals surface area contributed by atoms with E-state index in [9.17, 15) is 0 Å². The molecule has 0 bridgehead atoms. The van der Waals surface area contributed by atoms with Gasteiger partial charge in [0.2, 0.25) is 0 Å². The van der Waals surface area contributed by atoms with E-state index in [1.54, 1.807) is 11.8 Å². The summed E-state index contributed by atoms with van der Waals surface area (Å²) in [5.41, 5.74) is 0. The first-order chi connectivity index (χ1) is 4.13. The molecule has 2 N–H and O–H groups in total. The summed E-state index contributed by atoms with van der Waals surface area (Å²) >= 11 is 1.76. The van der Waals surface area contributed by atoms with Crippen molar-refractivity contribution in [3.05, 3.63) is 0 Å². The third-order valence-corrected chi connectivity index (χ3v) is 2.78. The zero-order chi connectivity index (χ0) is 7.28. The van der Waals surface area contributed by atoms with E-state index in [1.165, 1.54) is 0 Å². The molecule has 0 aliphatic carbocycles. The van der Waals surface area contributed by atoms with Crippen LogP contribution in [0.2, 0.25) is 0 Å². The van der Waals surface area contributed by atoms with E-state index < -0.39 is 8.38 Å². The minimum Gasteiger partial charge on any atom is -0.350 e. The lowest BCUT2D eigenvalue weighted by Gasteiger charge is -2.03. The van der Waals surface area contributed by atoms with E-state index in [0.29, 0.717) is 11.4 Å². The number of hydrogen-bond acceptors (Lipinski definition) is 3. The van der Waals surface area contributed by atoms with Crippen LogP contribution in [0.3, 0.4) is 0 Å². The Morgan fingerprint density at radius 2 is 2.00 bits per heavy atom. The zero-order valence-electron chi connectivity index (χ0n) is 5.74. The van der Waals surface area contributed by atoms with E-state index in [1.807, 2.05) is 0 Å². The molecular formula is C5H13O2PS. The maximum absolute atomic E-state index is 8.47.